The van der Waals surface area contributed by atoms with E-state index in [1.807, 2.05) is 18.2 Å². The molecule has 0 heterocycles. The zero-order valence-electron chi connectivity index (χ0n) is 10.1. The van der Waals surface area contributed by atoms with Crippen LogP contribution in [-0.2, 0) is 0 Å². The van der Waals surface area contributed by atoms with Crippen molar-refractivity contribution in [3.8, 4) is 0 Å². The standard InChI is InChI=1S/C15H19NO/c1-2-11(10-16)15(17)14-8-7-12-5-3-4-6-13(12)9-14/h3-9,11,15,17H,2,10,16H2,1H3. The molecule has 2 rings (SSSR count). The van der Waals surface area contributed by atoms with E-state index < -0.39 is 6.10 Å². The number of nitrogens with two attached hydrogens (primary N) is 1. The summed E-state index contributed by atoms with van der Waals surface area (Å²) in [5.41, 5.74) is 6.63. The van der Waals surface area contributed by atoms with Crippen molar-refractivity contribution < 1.29 is 5.11 Å². The molecule has 2 nitrogen and oxygen atoms in total. The highest BCUT2D eigenvalue weighted by molar-refractivity contribution is 5.83. The number of rotatable bonds is 4. The van der Waals surface area contributed by atoms with Crippen molar-refractivity contribution in [1.82, 2.24) is 0 Å². The minimum absolute atomic E-state index is 0.135. The van der Waals surface area contributed by atoms with Crippen LogP contribution in [0.15, 0.2) is 42.5 Å². The predicted molar refractivity (Wildman–Crippen MR) is 71.7 cm³/mol. The molecule has 2 heteroatoms. The maximum Gasteiger partial charge on any atom is 0.0830 e. The van der Waals surface area contributed by atoms with Gasteiger partial charge in [0.05, 0.1) is 6.10 Å². The van der Waals surface area contributed by atoms with Crippen molar-refractivity contribution >= 4 is 10.8 Å². The first-order chi connectivity index (χ1) is 8.26. The highest BCUT2D eigenvalue weighted by Crippen LogP contribution is 2.26. The van der Waals surface area contributed by atoms with Crippen LogP contribution in [0.4, 0.5) is 0 Å². The molecule has 3 N–H and O–H groups in total. The summed E-state index contributed by atoms with van der Waals surface area (Å²) in [6, 6.07) is 14.3. The van der Waals surface area contributed by atoms with Gasteiger partial charge in [-0.3, -0.25) is 0 Å². The maximum atomic E-state index is 10.3. The third kappa shape index (κ3) is 2.48. The second-order valence-corrected chi connectivity index (χ2v) is 4.46. The van der Waals surface area contributed by atoms with Gasteiger partial charge in [0, 0.05) is 5.92 Å². The van der Waals surface area contributed by atoms with Crippen molar-refractivity contribution in [1.29, 1.82) is 0 Å². The van der Waals surface area contributed by atoms with Crippen LogP contribution in [0.5, 0.6) is 0 Å². The lowest BCUT2D eigenvalue weighted by Gasteiger charge is -2.20. The fourth-order valence-electron chi connectivity index (χ4n) is 2.18. The Morgan fingerprint density at radius 3 is 2.47 bits per heavy atom. The summed E-state index contributed by atoms with van der Waals surface area (Å²) in [7, 11) is 0. The first-order valence-corrected chi connectivity index (χ1v) is 6.13. The zero-order valence-corrected chi connectivity index (χ0v) is 10.1. The summed E-state index contributed by atoms with van der Waals surface area (Å²) in [4.78, 5) is 0. The van der Waals surface area contributed by atoms with Crippen molar-refractivity contribution in [2.75, 3.05) is 6.54 Å². The van der Waals surface area contributed by atoms with Crippen LogP contribution in [0.1, 0.15) is 25.0 Å². The van der Waals surface area contributed by atoms with Gasteiger partial charge in [0.15, 0.2) is 0 Å². The van der Waals surface area contributed by atoms with E-state index in [1.165, 1.54) is 5.39 Å². The molecule has 2 aromatic rings. The summed E-state index contributed by atoms with van der Waals surface area (Å²) in [6.45, 7) is 2.58. The van der Waals surface area contributed by atoms with Crippen LogP contribution in [0.2, 0.25) is 0 Å². The van der Waals surface area contributed by atoms with Crippen LogP contribution in [0.25, 0.3) is 10.8 Å². The molecule has 2 aromatic carbocycles. The molecule has 0 aromatic heterocycles. The van der Waals surface area contributed by atoms with E-state index in [2.05, 4.69) is 31.2 Å². The SMILES string of the molecule is CCC(CN)C(O)c1ccc2ccccc2c1. The van der Waals surface area contributed by atoms with Crippen LogP contribution >= 0.6 is 0 Å². The lowest BCUT2D eigenvalue weighted by Crippen LogP contribution is -2.21. The number of hydrogen-bond acceptors (Lipinski definition) is 2. The largest absolute Gasteiger partial charge is 0.388 e. The molecule has 0 saturated carbocycles. The van der Waals surface area contributed by atoms with Gasteiger partial charge >= 0.3 is 0 Å². The smallest absolute Gasteiger partial charge is 0.0830 e. The highest BCUT2D eigenvalue weighted by Gasteiger charge is 2.17. The summed E-state index contributed by atoms with van der Waals surface area (Å²) in [5, 5.41) is 12.6. The van der Waals surface area contributed by atoms with Gasteiger partial charge in [-0.15, -0.1) is 0 Å². The number of benzene rings is 2. The first kappa shape index (κ1) is 12.1. The minimum atomic E-state index is -0.463. The van der Waals surface area contributed by atoms with Crippen LogP contribution in [-0.4, -0.2) is 11.7 Å². The fourth-order valence-corrected chi connectivity index (χ4v) is 2.18. The molecule has 0 fully saturated rings. The molecule has 0 spiro atoms. The van der Waals surface area contributed by atoms with Gasteiger partial charge in [-0.1, -0.05) is 43.3 Å². The second-order valence-electron chi connectivity index (χ2n) is 4.46. The van der Waals surface area contributed by atoms with E-state index in [0.717, 1.165) is 17.4 Å². The molecular formula is C15H19NO. The van der Waals surface area contributed by atoms with Crippen LogP contribution < -0.4 is 5.73 Å². The van der Waals surface area contributed by atoms with Crippen molar-refractivity contribution in [3.05, 3.63) is 48.0 Å². The van der Waals surface area contributed by atoms with Gasteiger partial charge in [-0.2, -0.15) is 0 Å². The van der Waals surface area contributed by atoms with Gasteiger partial charge in [-0.05, 0) is 35.4 Å². The van der Waals surface area contributed by atoms with Gasteiger partial charge in [0.1, 0.15) is 0 Å². The van der Waals surface area contributed by atoms with Gasteiger partial charge in [-0.25, -0.2) is 0 Å². The van der Waals surface area contributed by atoms with Gasteiger partial charge in [0.25, 0.3) is 0 Å². The molecule has 0 amide bonds. The highest BCUT2D eigenvalue weighted by atomic mass is 16.3. The van der Waals surface area contributed by atoms with E-state index in [1.54, 1.807) is 0 Å². The Kier molecular flexibility index (Phi) is 3.77. The van der Waals surface area contributed by atoms with Crippen molar-refractivity contribution in [2.24, 2.45) is 11.7 Å². The van der Waals surface area contributed by atoms with Crippen molar-refractivity contribution in [3.63, 3.8) is 0 Å². The number of aliphatic hydroxyl groups excluding tert-OH is 1. The predicted octanol–water partition coefficient (Wildman–Crippen LogP) is 2.86. The summed E-state index contributed by atoms with van der Waals surface area (Å²) in [5.74, 6) is 0.135. The molecule has 0 aliphatic carbocycles. The molecule has 90 valence electrons. The Labute approximate surface area is 102 Å². The molecule has 2 unspecified atom stereocenters. The molecule has 0 aliphatic heterocycles. The molecule has 17 heavy (non-hydrogen) atoms. The van der Waals surface area contributed by atoms with Gasteiger partial charge in [0.2, 0.25) is 0 Å². The molecular weight excluding hydrogens is 210 g/mol. The van der Waals surface area contributed by atoms with Crippen molar-refractivity contribution in [2.45, 2.75) is 19.4 Å². The molecule has 0 aliphatic rings. The average molecular weight is 229 g/mol. The normalized spacial score (nSPS) is 14.8. The number of fused-ring (bicyclic) bond motifs is 1. The average Bonchev–Trinajstić information content (AvgIpc) is 2.39. The molecule has 0 saturated heterocycles. The Morgan fingerprint density at radius 1 is 1.12 bits per heavy atom. The quantitative estimate of drug-likeness (QED) is 0.846. The lowest BCUT2D eigenvalue weighted by molar-refractivity contribution is 0.110. The monoisotopic (exact) mass is 229 g/mol. The van der Waals surface area contributed by atoms with Crippen LogP contribution in [0, 0.1) is 5.92 Å². The zero-order chi connectivity index (χ0) is 12.3. The number of hydrogen-bond donors (Lipinski definition) is 2. The van der Waals surface area contributed by atoms with E-state index in [-0.39, 0.29) is 5.92 Å². The van der Waals surface area contributed by atoms with Crippen LogP contribution in [0.3, 0.4) is 0 Å². The van der Waals surface area contributed by atoms with E-state index >= 15 is 0 Å². The summed E-state index contributed by atoms with van der Waals surface area (Å²) >= 11 is 0. The topological polar surface area (TPSA) is 46.2 Å². The molecule has 0 radical (unpaired) electrons. The molecule has 2 atom stereocenters. The number of aliphatic hydroxyl groups is 1. The Hall–Kier alpha value is -1.38. The summed E-state index contributed by atoms with van der Waals surface area (Å²) in [6.07, 6.45) is 0.430. The lowest BCUT2D eigenvalue weighted by atomic mass is 9.92. The minimum Gasteiger partial charge on any atom is -0.388 e. The van der Waals surface area contributed by atoms with E-state index in [0.29, 0.717) is 6.54 Å². The third-order valence-electron chi connectivity index (χ3n) is 3.39. The Balaban J connectivity index is 2.35. The van der Waals surface area contributed by atoms with E-state index in [4.69, 9.17) is 5.73 Å². The molecule has 0 bridgehead atoms. The second kappa shape index (κ2) is 5.30. The fraction of sp³-hybridized carbons (Fsp3) is 0.333. The van der Waals surface area contributed by atoms with E-state index in [9.17, 15) is 5.11 Å². The third-order valence-corrected chi connectivity index (χ3v) is 3.39. The summed E-state index contributed by atoms with van der Waals surface area (Å²) < 4.78 is 0. The first-order valence-electron chi connectivity index (χ1n) is 6.13. The Morgan fingerprint density at radius 2 is 1.82 bits per heavy atom. The Bertz CT molecular complexity index is 491. The van der Waals surface area contributed by atoms with Gasteiger partial charge < -0.3 is 10.8 Å². The maximum absolute atomic E-state index is 10.3.